The fourth-order valence-electron chi connectivity index (χ4n) is 5.32. The van der Waals surface area contributed by atoms with Gasteiger partial charge < -0.3 is 14.1 Å². The Morgan fingerprint density at radius 1 is 0.930 bits per heavy atom. The molecule has 238 valence electrons. The second-order valence-corrected chi connectivity index (χ2v) is 19.1. The summed E-state index contributed by atoms with van der Waals surface area (Å²) in [7, 11) is -1.94. The number of hydrogen-bond donors (Lipinski definition) is 0. The molecule has 2 aromatic rings. The maximum absolute atomic E-state index is 13.9. The molecule has 8 heteroatoms. The van der Waals surface area contributed by atoms with Crippen molar-refractivity contribution in [1.82, 2.24) is 4.90 Å². The minimum Gasteiger partial charge on any atom is -0.460 e. The molecule has 0 heterocycles. The first-order valence-electron chi connectivity index (χ1n) is 15.8. The van der Waals surface area contributed by atoms with E-state index in [4.69, 9.17) is 9.16 Å². The predicted molar refractivity (Wildman–Crippen MR) is 175 cm³/mol. The molecular weight excluding hydrogens is 559 g/mol. The normalized spacial score (nSPS) is 17.8. The van der Waals surface area contributed by atoms with Gasteiger partial charge in [-0.05, 0) is 100.0 Å². The van der Waals surface area contributed by atoms with Crippen LogP contribution in [0, 0.1) is 11.7 Å². The number of esters is 1. The van der Waals surface area contributed by atoms with Gasteiger partial charge in [0.1, 0.15) is 11.4 Å². The highest BCUT2D eigenvalue weighted by Crippen LogP contribution is 2.39. The maximum atomic E-state index is 13.9. The molecule has 1 aliphatic rings. The van der Waals surface area contributed by atoms with Gasteiger partial charge in [-0.2, -0.15) is 0 Å². The molecule has 43 heavy (non-hydrogen) atoms. The molecule has 0 aromatic heterocycles. The monoisotopic (exact) mass is 612 g/mol. The molecule has 1 saturated carbocycles. The number of carbonyl (C=O) groups is 2. The summed E-state index contributed by atoms with van der Waals surface area (Å²) in [6.45, 7) is 20.5. The van der Waals surface area contributed by atoms with Gasteiger partial charge in [0.25, 0.3) is 0 Å². The summed E-state index contributed by atoms with van der Waals surface area (Å²) in [6, 6.07) is 14.2. The number of halogens is 1. The lowest BCUT2D eigenvalue weighted by Crippen LogP contribution is -2.47. The van der Waals surface area contributed by atoms with Gasteiger partial charge in [0, 0.05) is 18.8 Å². The molecule has 0 N–H and O–H groups in total. The highest BCUT2D eigenvalue weighted by molar-refractivity contribution is 6.74. The van der Waals surface area contributed by atoms with Crippen LogP contribution in [0.2, 0.25) is 18.1 Å². The molecule has 0 aliphatic heterocycles. The van der Waals surface area contributed by atoms with Gasteiger partial charge in [-0.3, -0.25) is 9.69 Å². The topological polar surface area (TPSA) is 59.1 Å². The molecule has 3 rings (SSSR count). The number of ether oxygens (including phenoxy) is 1. The summed E-state index contributed by atoms with van der Waals surface area (Å²) in [5.41, 5.74) is 2.20. The standard InChI is InChI=1S/C35H53FN2O4Si/c1-10-37(23-24-41-43(8,9)35(5,6)7)33(40)38(29-21-19-28(36)20-22-29)25-26-15-17-27(18-16-26)30-13-11-12-14-31(30)32(39)42-34(2,3)4/h15-22,30-31H,10-14,23-25H2,1-9H3. The molecular formula is C35H53FN2O4Si. The minimum absolute atomic E-state index is 0.0882. The fraction of sp³-hybridized carbons (Fsp3) is 0.600. The first-order chi connectivity index (χ1) is 20.0. The summed E-state index contributed by atoms with van der Waals surface area (Å²) < 4.78 is 25.9. The van der Waals surface area contributed by atoms with E-state index in [1.165, 1.54) is 12.1 Å². The van der Waals surface area contributed by atoms with E-state index in [0.717, 1.165) is 36.8 Å². The highest BCUT2D eigenvalue weighted by atomic mass is 28.4. The summed E-state index contributed by atoms with van der Waals surface area (Å²) in [5, 5.41) is 0.0882. The SMILES string of the molecule is CCN(CCO[Si](C)(C)C(C)(C)C)C(=O)N(Cc1ccc(C2CCCCC2C(=O)OC(C)(C)C)cc1)c1ccc(F)cc1. The molecule has 0 saturated heterocycles. The van der Waals surface area contributed by atoms with Crippen LogP contribution in [0.15, 0.2) is 48.5 Å². The lowest BCUT2D eigenvalue weighted by molar-refractivity contribution is -0.161. The Balaban J connectivity index is 1.79. The quantitative estimate of drug-likeness (QED) is 0.199. The Morgan fingerprint density at radius 3 is 2.09 bits per heavy atom. The second-order valence-electron chi connectivity index (χ2n) is 14.3. The highest BCUT2D eigenvalue weighted by Gasteiger charge is 2.37. The van der Waals surface area contributed by atoms with Crippen LogP contribution >= 0.6 is 0 Å². The van der Waals surface area contributed by atoms with E-state index in [9.17, 15) is 14.0 Å². The predicted octanol–water partition coefficient (Wildman–Crippen LogP) is 8.91. The summed E-state index contributed by atoms with van der Waals surface area (Å²) in [5.74, 6) is -0.499. The van der Waals surface area contributed by atoms with Crippen molar-refractivity contribution in [2.24, 2.45) is 5.92 Å². The van der Waals surface area contributed by atoms with E-state index >= 15 is 0 Å². The van der Waals surface area contributed by atoms with Crippen molar-refractivity contribution in [3.8, 4) is 0 Å². The molecule has 2 atom stereocenters. The third-order valence-corrected chi connectivity index (χ3v) is 13.4. The van der Waals surface area contributed by atoms with Gasteiger partial charge in [-0.1, -0.05) is 57.9 Å². The lowest BCUT2D eigenvalue weighted by atomic mass is 9.75. The van der Waals surface area contributed by atoms with Crippen molar-refractivity contribution in [2.75, 3.05) is 24.6 Å². The van der Waals surface area contributed by atoms with Crippen molar-refractivity contribution < 1.29 is 23.1 Å². The van der Waals surface area contributed by atoms with Crippen LogP contribution in [-0.2, 0) is 20.5 Å². The Hall–Kier alpha value is -2.71. The summed E-state index contributed by atoms with van der Waals surface area (Å²) in [6.07, 6.45) is 3.90. The third-order valence-electron chi connectivity index (χ3n) is 8.88. The smallest absolute Gasteiger partial charge is 0.324 e. The number of nitrogens with zero attached hydrogens (tertiary/aromatic N) is 2. The molecule has 0 spiro atoms. The van der Waals surface area contributed by atoms with Crippen LogP contribution in [-0.4, -0.2) is 50.5 Å². The molecule has 0 radical (unpaired) electrons. The maximum Gasteiger partial charge on any atom is 0.324 e. The molecule has 0 bridgehead atoms. The van der Waals surface area contributed by atoms with E-state index in [0.29, 0.717) is 31.9 Å². The van der Waals surface area contributed by atoms with Crippen LogP contribution in [0.3, 0.4) is 0 Å². The van der Waals surface area contributed by atoms with Crippen molar-refractivity contribution in [2.45, 2.75) is 110 Å². The number of carbonyl (C=O) groups excluding carboxylic acids is 2. The van der Waals surface area contributed by atoms with Gasteiger partial charge in [0.05, 0.1) is 19.1 Å². The number of amides is 2. The van der Waals surface area contributed by atoms with E-state index in [2.05, 4.69) is 46.0 Å². The zero-order valence-electron chi connectivity index (χ0n) is 27.8. The van der Waals surface area contributed by atoms with Gasteiger partial charge in [0.2, 0.25) is 0 Å². The second kappa shape index (κ2) is 14.4. The third kappa shape index (κ3) is 9.64. The largest absolute Gasteiger partial charge is 0.460 e. The number of benzene rings is 2. The molecule has 6 nitrogen and oxygen atoms in total. The van der Waals surface area contributed by atoms with Gasteiger partial charge in [0.15, 0.2) is 8.32 Å². The molecule has 1 aliphatic carbocycles. The van der Waals surface area contributed by atoms with Gasteiger partial charge in [-0.25, -0.2) is 9.18 Å². The number of anilines is 1. The molecule has 1 fully saturated rings. The number of urea groups is 1. The van der Waals surface area contributed by atoms with Crippen LogP contribution in [0.4, 0.5) is 14.9 Å². The van der Waals surface area contributed by atoms with Gasteiger partial charge in [-0.15, -0.1) is 0 Å². The first kappa shape index (κ1) is 34.8. The average molecular weight is 613 g/mol. The van der Waals surface area contributed by atoms with E-state index in [1.54, 1.807) is 21.9 Å². The lowest BCUT2D eigenvalue weighted by Gasteiger charge is -2.37. The molecule has 2 amide bonds. The number of hydrogen-bond acceptors (Lipinski definition) is 4. The van der Waals surface area contributed by atoms with Crippen molar-refractivity contribution in [3.63, 3.8) is 0 Å². The van der Waals surface area contributed by atoms with Crippen molar-refractivity contribution in [3.05, 3.63) is 65.5 Å². The minimum atomic E-state index is -1.94. The summed E-state index contributed by atoms with van der Waals surface area (Å²) in [4.78, 5) is 30.5. The molecule has 2 aromatic carbocycles. The Bertz CT molecular complexity index is 1200. The van der Waals surface area contributed by atoms with Crippen LogP contribution in [0.5, 0.6) is 0 Å². The van der Waals surface area contributed by atoms with Crippen LogP contribution < -0.4 is 4.90 Å². The number of rotatable bonds is 10. The Labute approximate surface area is 260 Å². The van der Waals surface area contributed by atoms with Gasteiger partial charge >= 0.3 is 12.0 Å². The van der Waals surface area contributed by atoms with E-state index < -0.39 is 13.9 Å². The molecule has 2 unspecified atom stereocenters. The first-order valence-corrected chi connectivity index (χ1v) is 18.7. The zero-order valence-corrected chi connectivity index (χ0v) is 28.8. The fourth-order valence-corrected chi connectivity index (χ4v) is 6.35. The van der Waals surface area contributed by atoms with Crippen LogP contribution in [0.25, 0.3) is 0 Å². The zero-order chi connectivity index (χ0) is 32.0. The van der Waals surface area contributed by atoms with Crippen LogP contribution in [0.1, 0.15) is 91.2 Å². The Kier molecular flexibility index (Phi) is 11.6. The van der Waals surface area contributed by atoms with Crippen molar-refractivity contribution >= 4 is 26.0 Å². The number of likely N-dealkylation sites (N-methyl/N-ethyl adjacent to an activating group) is 1. The average Bonchev–Trinajstić information content (AvgIpc) is 2.93. The Morgan fingerprint density at radius 2 is 1.53 bits per heavy atom. The van der Waals surface area contributed by atoms with E-state index in [-0.39, 0.29) is 34.7 Å². The van der Waals surface area contributed by atoms with Crippen molar-refractivity contribution in [1.29, 1.82) is 0 Å². The summed E-state index contributed by atoms with van der Waals surface area (Å²) >= 11 is 0. The van der Waals surface area contributed by atoms with E-state index in [1.807, 2.05) is 39.8 Å².